The van der Waals surface area contributed by atoms with Crippen LogP contribution in [-0.2, 0) is 16.1 Å². The molecule has 1 aromatic rings. The molecule has 0 saturated carbocycles. The summed E-state index contributed by atoms with van der Waals surface area (Å²) in [5.74, 6) is 1.37. The highest BCUT2D eigenvalue weighted by Gasteiger charge is 2.22. The van der Waals surface area contributed by atoms with Crippen molar-refractivity contribution < 1.29 is 19.0 Å². The molecule has 122 valence electrons. The number of rotatable bonds is 6. The quantitative estimate of drug-likeness (QED) is 0.851. The van der Waals surface area contributed by atoms with Gasteiger partial charge in [0.05, 0.1) is 33.5 Å². The third-order valence-corrected chi connectivity index (χ3v) is 3.89. The summed E-state index contributed by atoms with van der Waals surface area (Å²) in [5, 5.41) is 2.97. The largest absolute Gasteiger partial charge is 0.493 e. The molecule has 0 unspecified atom stereocenters. The number of ether oxygens (including phenoxy) is 3. The number of amides is 1. The molecule has 1 fully saturated rings. The summed E-state index contributed by atoms with van der Waals surface area (Å²) in [6.07, 6.45) is 0. The molecule has 0 bridgehead atoms. The first-order valence-electron chi connectivity index (χ1n) is 7.46. The van der Waals surface area contributed by atoms with Gasteiger partial charge < -0.3 is 19.5 Å². The molecule has 1 atom stereocenters. The van der Waals surface area contributed by atoms with E-state index in [2.05, 4.69) is 10.2 Å². The topological polar surface area (TPSA) is 60.0 Å². The molecule has 0 aromatic heterocycles. The van der Waals surface area contributed by atoms with Crippen LogP contribution in [0.1, 0.15) is 12.5 Å². The molecule has 0 spiro atoms. The van der Waals surface area contributed by atoms with E-state index >= 15 is 0 Å². The minimum Gasteiger partial charge on any atom is -0.493 e. The molecule has 1 N–H and O–H groups in total. The van der Waals surface area contributed by atoms with Gasteiger partial charge in [-0.05, 0) is 24.6 Å². The molecule has 6 heteroatoms. The van der Waals surface area contributed by atoms with Crippen molar-refractivity contribution >= 4 is 5.91 Å². The monoisotopic (exact) mass is 308 g/mol. The molecule has 1 amide bonds. The normalized spacial score (nSPS) is 16.9. The van der Waals surface area contributed by atoms with E-state index in [0.29, 0.717) is 31.3 Å². The van der Waals surface area contributed by atoms with E-state index < -0.39 is 0 Å². The van der Waals surface area contributed by atoms with Gasteiger partial charge in [0, 0.05) is 19.6 Å². The predicted molar refractivity (Wildman–Crippen MR) is 83.2 cm³/mol. The van der Waals surface area contributed by atoms with Crippen LogP contribution >= 0.6 is 0 Å². The fraction of sp³-hybridized carbons (Fsp3) is 0.562. The van der Waals surface area contributed by atoms with E-state index in [4.69, 9.17) is 14.2 Å². The Labute approximate surface area is 131 Å². The van der Waals surface area contributed by atoms with Gasteiger partial charge in [0.2, 0.25) is 5.91 Å². The first-order valence-corrected chi connectivity index (χ1v) is 7.46. The molecule has 0 radical (unpaired) electrons. The lowest BCUT2D eigenvalue weighted by Gasteiger charge is -2.31. The molecule has 2 rings (SSSR count). The Morgan fingerprint density at radius 3 is 2.59 bits per heavy atom. The third-order valence-electron chi connectivity index (χ3n) is 3.89. The minimum atomic E-state index is -0.149. The van der Waals surface area contributed by atoms with Crippen LogP contribution in [0.25, 0.3) is 0 Å². The Balaban J connectivity index is 1.90. The van der Waals surface area contributed by atoms with Crippen molar-refractivity contribution in [1.82, 2.24) is 10.2 Å². The van der Waals surface area contributed by atoms with Crippen molar-refractivity contribution in [2.45, 2.75) is 19.5 Å². The van der Waals surface area contributed by atoms with Crippen molar-refractivity contribution in [3.63, 3.8) is 0 Å². The van der Waals surface area contributed by atoms with Crippen LogP contribution in [0.15, 0.2) is 18.2 Å². The van der Waals surface area contributed by atoms with Crippen molar-refractivity contribution in [1.29, 1.82) is 0 Å². The highest BCUT2D eigenvalue weighted by molar-refractivity contribution is 5.81. The molecule has 1 heterocycles. The molecule has 0 aliphatic carbocycles. The maximum atomic E-state index is 12.2. The highest BCUT2D eigenvalue weighted by atomic mass is 16.5. The summed E-state index contributed by atoms with van der Waals surface area (Å²) < 4.78 is 15.8. The number of nitrogens with one attached hydrogen (secondary N) is 1. The summed E-state index contributed by atoms with van der Waals surface area (Å²) >= 11 is 0. The number of benzene rings is 1. The fourth-order valence-corrected chi connectivity index (χ4v) is 2.46. The van der Waals surface area contributed by atoms with Crippen LogP contribution in [-0.4, -0.2) is 57.4 Å². The van der Waals surface area contributed by atoms with Gasteiger partial charge in [-0.15, -0.1) is 0 Å². The van der Waals surface area contributed by atoms with E-state index in [1.54, 1.807) is 14.2 Å². The van der Waals surface area contributed by atoms with E-state index in [-0.39, 0.29) is 11.9 Å². The molecule has 1 aliphatic rings. The molecular formula is C16H24N2O4. The average molecular weight is 308 g/mol. The summed E-state index contributed by atoms with van der Waals surface area (Å²) in [6.45, 7) is 5.36. The summed E-state index contributed by atoms with van der Waals surface area (Å²) in [7, 11) is 3.20. The van der Waals surface area contributed by atoms with Gasteiger partial charge in [0.1, 0.15) is 0 Å². The molecule has 1 saturated heterocycles. The number of methoxy groups -OCH3 is 2. The fourth-order valence-electron chi connectivity index (χ4n) is 2.46. The maximum Gasteiger partial charge on any atom is 0.237 e. The van der Waals surface area contributed by atoms with Crippen LogP contribution in [0.2, 0.25) is 0 Å². The summed E-state index contributed by atoms with van der Waals surface area (Å²) in [6, 6.07) is 5.48. The van der Waals surface area contributed by atoms with E-state index in [0.717, 1.165) is 18.7 Å². The van der Waals surface area contributed by atoms with E-state index in [1.165, 1.54) is 0 Å². The number of carbonyl (C=O) groups excluding carboxylic acids is 1. The van der Waals surface area contributed by atoms with Crippen LogP contribution in [0, 0.1) is 0 Å². The Bertz CT molecular complexity index is 501. The molecule has 6 nitrogen and oxygen atoms in total. The molecule has 22 heavy (non-hydrogen) atoms. The van der Waals surface area contributed by atoms with Crippen LogP contribution < -0.4 is 14.8 Å². The standard InChI is InChI=1S/C16H24N2O4/c1-12(18-6-8-22-9-7-18)16(19)17-11-13-4-5-14(20-2)15(10-13)21-3/h4-5,10,12H,6-9,11H2,1-3H3,(H,17,19)/t12-/m0/s1. The number of carbonyl (C=O) groups is 1. The van der Waals surface area contributed by atoms with Crippen LogP contribution in [0.4, 0.5) is 0 Å². The Morgan fingerprint density at radius 1 is 1.27 bits per heavy atom. The van der Waals surface area contributed by atoms with Gasteiger partial charge in [-0.1, -0.05) is 6.07 Å². The van der Waals surface area contributed by atoms with E-state index in [9.17, 15) is 4.79 Å². The van der Waals surface area contributed by atoms with Crippen molar-refractivity contribution in [2.24, 2.45) is 0 Å². The lowest BCUT2D eigenvalue weighted by atomic mass is 10.2. The third kappa shape index (κ3) is 4.11. The van der Waals surface area contributed by atoms with Gasteiger partial charge in [-0.25, -0.2) is 0 Å². The maximum absolute atomic E-state index is 12.2. The predicted octanol–water partition coefficient (Wildman–Crippen LogP) is 1.04. The Hall–Kier alpha value is -1.79. The number of morpholine rings is 1. The van der Waals surface area contributed by atoms with Crippen molar-refractivity contribution in [3.05, 3.63) is 23.8 Å². The van der Waals surface area contributed by atoms with Crippen molar-refractivity contribution in [3.8, 4) is 11.5 Å². The van der Waals surface area contributed by atoms with Crippen LogP contribution in [0.3, 0.4) is 0 Å². The molecule has 1 aliphatic heterocycles. The number of hydrogen-bond donors (Lipinski definition) is 1. The summed E-state index contributed by atoms with van der Waals surface area (Å²) in [4.78, 5) is 14.4. The number of nitrogens with zero attached hydrogens (tertiary/aromatic N) is 1. The molecule has 1 aromatic carbocycles. The first-order chi connectivity index (χ1) is 10.7. The Kier molecular flexibility index (Phi) is 6.03. The second-order valence-corrected chi connectivity index (χ2v) is 5.23. The van der Waals surface area contributed by atoms with Gasteiger partial charge in [-0.2, -0.15) is 0 Å². The summed E-state index contributed by atoms with van der Waals surface area (Å²) in [5.41, 5.74) is 0.972. The van der Waals surface area contributed by atoms with E-state index in [1.807, 2.05) is 25.1 Å². The van der Waals surface area contributed by atoms with Crippen molar-refractivity contribution in [2.75, 3.05) is 40.5 Å². The second-order valence-electron chi connectivity index (χ2n) is 5.23. The number of hydrogen-bond acceptors (Lipinski definition) is 5. The highest BCUT2D eigenvalue weighted by Crippen LogP contribution is 2.27. The van der Waals surface area contributed by atoms with Gasteiger partial charge in [-0.3, -0.25) is 9.69 Å². The zero-order chi connectivity index (χ0) is 15.9. The average Bonchev–Trinajstić information content (AvgIpc) is 2.59. The zero-order valence-corrected chi connectivity index (χ0v) is 13.4. The van der Waals surface area contributed by atoms with Crippen LogP contribution in [0.5, 0.6) is 11.5 Å². The minimum absolute atomic E-state index is 0.0247. The van der Waals surface area contributed by atoms with Gasteiger partial charge >= 0.3 is 0 Å². The zero-order valence-electron chi connectivity index (χ0n) is 13.4. The lowest BCUT2D eigenvalue weighted by molar-refractivity contribution is -0.127. The second kappa shape index (κ2) is 8.00. The molecular weight excluding hydrogens is 284 g/mol. The Morgan fingerprint density at radius 2 is 1.95 bits per heavy atom. The first kappa shape index (κ1) is 16.6. The smallest absolute Gasteiger partial charge is 0.237 e. The van der Waals surface area contributed by atoms with Gasteiger partial charge in [0.15, 0.2) is 11.5 Å². The van der Waals surface area contributed by atoms with Gasteiger partial charge in [0.25, 0.3) is 0 Å². The SMILES string of the molecule is COc1ccc(CNC(=O)[C@H](C)N2CCOCC2)cc1OC. The lowest BCUT2D eigenvalue weighted by Crippen LogP contribution is -2.49.